The fraction of sp³-hybridized carbons (Fsp3) is 0.379. The topological polar surface area (TPSA) is 69.2 Å². The van der Waals surface area contributed by atoms with Gasteiger partial charge in [-0.25, -0.2) is 4.98 Å². The number of rotatable bonds is 6. The Kier molecular flexibility index (Phi) is 6.85. The molecule has 0 unspecified atom stereocenters. The average Bonchev–Trinajstić information content (AvgIpc) is 3.24. The number of carbonyl (C=O) groups is 1. The fourth-order valence-electron chi connectivity index (χ4n) is 5.34. The summed E-state index contributed by atoms with van der Waals surface area (Å²) in [4.78, 5) is 25.2. The molecule has 1 saturated heterocycles. The summed E-state index contributed by atoms with van der Waals surface area (Å²) < 4.78 is 0. The summed E-state index contributed by atoms with van der Waals surface area (Å²) in [5, 5.41) is 11.5. The molecule has 182 valence electrons. The van der Waals surface area contributed by atoms with E-state index < -0.39 is 0 Å². The van der Waals surface area contributed by atoms with E-state index in [-0.39, 0.29) is 12.5 Å². The number of pyridine rings is 1. The third kappa shape index (κ3) is 4.57. The first-order chi connectivity index (χ1) is 17.0. The highest BCUT2D eigenvalue weighted by Crippen LogP contribution is 2.39. The standard InChI is InChI=1S/C29H33N3O2S/c1-4-35-22-7-5-6-21(15-22)24-16-23(29(34)32-11-8-20(9-12-32)10-13-33)19(3)27-26(24)25-14-18(2)17-30-28(25)31-27/h5-7,14-17,20,33H,4,8-13H2,1-3H3,(H,30,31). The van der Waals surface area contributed by atoms with E-state index >= 15 is 0 Å². The van der Waals surface area contributed by atoms with Crippen LogP contribution in [0.1, 0.15) is 47.7 Å². The van der Waals surface area contributed by atoms with Crippen LogP contribution in [-0.2, 0) is 0 Å². The molecule has 2 aromatic heterocycles. The summed E-state index contributed by atoms with van der Waals surface area (Å²) in [6.45, 7) is 7.98. The molecule has 4 aromatic rings. The molecule has 5 nitrogen and oxygen atoms in total. The van der Waals surface area contributed by atoms with Gasteiger partial charge < -0.3 is 15.0 Å². The first-order valence-electron chi connectivity index (χ1n) is 12.5. The van der Waals surface area contributed by atoms with Crippen molar-refractivity contribution in [2.75, 3.05) is 25.4 Å². The van der Waals surface area contributed by atoms with Crippen LogP contribution in [0.3, 0.4) is 0 Å². The highest BCUT2D eigenvalue weighted by Gasteiger charge is 2.27. The number of benzene rings is 2. The molecule has 35 heavy (non-hydrogen) atoms. The zero-order valence-electron chi connectivity index (χ0n) is 20.7. The molecule has 2 aromatic carbocycles. The molecular formula is C29H33N3O2S. The van der Waals surface area contributed by atoms with Crippen molar-refractivity contribution >= 4 is 39.6 Å². The Morgan fingerprint density at radius 2 is 2.00 bits per heavy atom. The minimum absolute atomic E-state index is 0.0926. The lowest BCUT2D eigenvalue weighted by molar-refractivity contribution is 0.0677. The second-order valence-electron chi connectivity index (χ2n) is 9.59. The largest absolute Gasteiger partial charge is 0.396 e. The van der Waals surface area contributed by atoms with Gasteiger partial charge in [0.05, 0.1) is 5.52 Å². The smallest absolute Gasteiger partial charge is 0.254 e. The number of aromatic nitrogens is 2. The van der Waals surface area contributed by atoms with Gasteiger partial charge in [-0.05, 0) is 91.3 Å². The molecule has 5 rings (SSSR count). The summed E-state index contributed by atoms with van der Waals surface area (Å²) in [6.07, 6.45) is 4.61. The number of aliphatic hydroxyl groups excluding tert-OH is 1. The number of hydrogen-bond acceptors (Lipinski definition) is 4. The van der Waals surface area contributed by atoms with Crippen LogP contribution in [0.2, 0.25) is 0 Å². The average molecular weight is 488 g/mol. The molecule has 1 aliphatic rings. The molecule has 0 radical (unpaired) electrons. The summed E-state index contributed by atoms with van der Waals surface area (Å²) in [6, 6.07) is 12.9. The number of fused-ring (bicyclic) bond motifs is 3. The molecule has 3 heterocycles. The van der Waals surface area contributed by atoms with Crippen LogP contribution in [0.4, 0.5) is 0 Å². The molecule has 2 N–H and O–H groups in total. The molecule has 6 heteroatoms. The van der Waals surface area contributed by atoms with Crippen molar-refractivity contribution in [1.29, 1.82) is 0 Å². The number of amides is 1. The Labute approximate surface area is 210 Å². The Hall–Kier alpha value is -2.83. The van der Waals surface area contributed by atoms with E-state index in [0.29, 0.717) is 5.92 Å². The summed E-state index contributed by atoms with van der Waals surface area (Å²) >= 11 is 1.82. The first kappa shape index (κ1) is 23.9. The second-order valence-corrected chi connectivity index (χ2v) is 10.9. The predicted octanol–water partition coefficient (Wildman–Crippen LogP) is 6.35. The molecule has 0 saturated carbocycles. The van der Waals surface area contributed by atoms with Gasteiger partial charge in [0.15, 0.2) is 0 Å². The lowest BCUT2D eigenvalue weighted by Gasteiger charge is -2.32. The van der Waals surface area contributed by atoms with Crippen molar-refractivity contribution in [2.45, 2.75) is 44.9 Å². The van der Waals surface area contributed by atoms with Crippen molar-refractivity contribution in [1.82, 2.24) is 14.9 Å². The number of thioether (sulfide) groups is 1. The van der Waals surface area contributed by atoms with E-state index in [4.69, 9.17) is 0 Å². The molecule has 1 aliphatic heterocycles. The van der Waals surface area contributed by atoms with Gasteiger partial charge in [-0.2, -0.15) is 0 Å². The lowest BCUT2D eigenvalue weighted by atomic mass is 9.91. The van der Waals surface area contributed by atoms with Crippen LogP contribution in [-0.4, -0.2) is 51.3 Å². The van der Waals surface area contributed by atoms with Crippen molar-refractivity contribution < 1.29 is 9.90 Å². The minimum Gasteiger partial charge on any atom is -0.396 e. The van der Waals surface area contributed by atoms with E-state index in [0.717, 1.165) is 87.9 Å². The van der Waals surface area contributed by atoms with E-state index in [2.05, 4.69) is 60.2 Å². The van der Waals surface area contributed by atoms with Gasteiger partial charge in [0.2, 0.25) is 0 Å². The van der Waals surface area contributed by atoms with Crippen molar-refractivity contribution in [3.63, 3.8) is 0 Å². The van der Waals surface area contributed by atoms with Crippen LogP contribution < -0.4 is 0 Å². The molecule has 0 bridgehead atoms. The highest BCUT2D eigenvalue weighted by molar-refractivity contribution is 7.99. The maximum absolute atomic E-state index is 13.8. The molecule has 1 amide bonds. The van der Waals surface area contributed by atoms with E-state index in [1.807, 2.05) is 29.8 Å². The highest BCUT2D eigenvalue weighted by atomic mass is 32.2. The van der Waals surface area contributed by atoms with E-state index in [1.165, 1.54) is 4.90 Å². The van der Waals surface area contributed by atoms with Crippen LogP contribution >= 0.6 is 11.8 Å². The summed E-state index contributed by atoms with van der Waals surface area (Å²) in [7, 11) is 0. The number of nitrogens with zero attached hydrogens (tertiary/aromatic N) is 2. The zero-order valence-corrected chi connectivity index (χ0v) is 21.5. The van der Waals surface area contributed by atoms with Gasteiger partial charge in [-0.15, -0.1) is 11.8 Å². The quantitative estimate of drug-likeness (QED) is 0.311. The molecule has 0 spiro atoms. The number of aliphatic hydroxyl groups is 1. The number of aryl methyl sites for hydroxylation is 2. The fourth-order valence-corrected chi connectivity index (χ4v) is 6.06. The number of carbonyl (C=O) groups excluding carboxylic acids is 1. The van der Waals surface area contributed by atoms with Crippen molar-refractivity contribution in [2.24, 2.45) is 5.92 Å². The monoisotopic (exact) mass is 487 g/mol. The number of hydrogen-bond donors (Lipinski definition) is 2. The van der Waals surface area contributed by atoms with Crippen molar-refractivity contribution in [3.8, 4) is 11.1 Å². The number of likely N-dealkylation sites (tertiary alicyclic amines) is 1. The van der Waals surface area contributed by atoms with Crippen molar-refractivity contribution in [3.05, 3.63) is 59.3 Å². The van der Waals surface area contributed by atoms with Gasteiger partial charge in [0.25, 0.3) is 5.91 Å². The minimum atomic E-state index is 0.0926. The van der Waals surface area contributed by atoms with Crippen LogP contribution in [0.15, 0.2) is 47.5 Å². The molecular weight excluding hydrogens is 454 g/mol. The van der Waals surface area contributed by atoms with Gasteiger partial charge in [0.1, 0.15) is 5.65 Å². The van der Waals surface area contributed by atoms with Crippen LogP contribution in [0.25, 0.3) is 33.1 Å². The normalized spacial score (nSPS) is 14.8. The van der Waals surface area contributed by atoms with Gasteiger partial charge in [0, 0.05) is 47.1 Å². The van der Waals surface area contributed by atoms with Gasteiger partial charge >= 0.3 is 0 Å². The Morgan fingerprint density at radius 3 is 2.74 bits per heavy atom. The van der Waals surface area contributed by atoms with Gasteiger partial charge in [-0.1, -0.05) is 19.1 Å². The number of nitrogens with one attached hydrogen (secondary N) is 1. The lowest BCUT2D eigenvalue weighted by Crippen LogP contribution is -2.39. The SMILES string of the molecule is CCSc1cccc(-c2cc(C(=O)N3CCC(CCO)CC3)c(C)c3[nH]c4ncc(C)cc4c23)c1. The Morgan fingerprint density at radius 1 is 1.20 bits per heavy atom. The maximum Gasteiger partial charge on any atom is 0.254 e. The number of piperidine rings is 1. The molecule has 0 aliphatic carbocycles. The third-order valence-corrected chi connectivity index (χ3v) is 8.13. The Balaban J connectivity index is 1.66. The molecule has 0 atom stereocenters. The second kappa shape index (κ2) is 10.0. The summed E-state index contributed by atoms with van der Waals surface area (Å²) in [5.41, 5.74) is 6.87. The predicted molar refractivity (Wildman–Crippen MR) is 145 cm³/mol. The first-order valence-corrected chi connectivity index (χ1v) is 13.5. The van der Waals surface area contributed by atoms with Gasteiger partial charge in [-0.3, -0.25) is 4.79 Å². The number of H-pyrrole nitrogens is 1. The third-order valence-electron chi connectivity index (χ3n) is 7.25. The van der Waals surface area contributed by atoms with E-state index in [1.54, 1.807) is 0 Å². The van der Waals surface area contributed by atoms with Crippen LogP contribution in [0.5, 0.6) is 0 Å². The molecule has 1 fully saturated rings. The number of aromatic amines is 1. The maximum atomic E-state index is 13.8. The zero-order chi connectivity index (χ0) is 24.5. The van der Waals surface area contributed by atoms with E-state index in [9.17, 15) is 9.90 Å². The van der Waals surface area contributed by atoms with Crippen LogP contribution in [0, 0.1) is 19.8 Å². The summed E-state index contributed by atoms with van der Waals surface area (Å²) in [5.74, 6) is 1.61. The Bertz CT molecular complexity index is 1390.